The SMILES string of the molecule is CC(C)Oc1ccc(C(=O)N2CCC(N(C)Cc3ccc(-c4ccc(S(C)(=O)=O)cc4)nc3)CC2)cc1. The molecule has 8 heteroatoms. The van der Waals surface area contributed by atoms with Crippen LogP contribution in [-0.2, 0) is 16.4 Å². The summed E-state index contributed by atoms with van der Waals surface area (Å²) in [5.74, 6) is 0.848. The maximum atomic E-state index is 13.0. The number of hydrogen-bond donors (Lipinski definition) is 0. The van der Waals surface area contributed by atoms with Gasteiger partial charge in [-0.2, -0.15) is 0 Å². The molecule has 0 bridgehead atoms. The fourth-order valence-corrected chi connectivity index (χ4v) is 5.25. The number of piperidine rings is 1. The van der Waals surface area contributed by atoms with Crippen LogP contribution in [0.15, 0.2) is 71.8 Å². The third kappa shape index (κ3) is 6.96. The summed E-state index contributed by atoms with van der Waals surface area (Å²) in [6, 6.07) is 18.6. The Morgan fingerprint density at radius 3 is 2.22 bits per heavy atom. The van der Waals surface area contributed by atoms with Crippen LogP contribution in [0.2, 0.25) is 0 Å². The smallest absolute Gasteiger partial charge is 0.253 e. The molecule has 0 spiro atoms. The Bertz CT molecular complexity index is 1300. The second-order valence-corrected chi connectivity index (χ2v) is 12.0. The lowest BCUT2D eigenvalue weighted by Gasteiger charge is -2.37. The van der Waals surface area contributed by atoms with Gasteiger partial charge in [-0.05, 0) is 81.8 Å². The Morgan fingerprint density at radius 2 is 1.68 bits per heavy atom. The zero-order chi connectivity index (χ0) is 26.6. The predicted octanol–water partition coefficient (Wildman–Crippen LogP) is 4.68. The van der Waals surface area contributed by atoms with E-state index in [1.807, 2.05) is 55.3 Å². The first kappa shape index (κ1) is 26.8. The molecule has 4 rings (SSSR count). The van der Waals surface area contributed by atoms with E-state index >= 15 is 0 Å². The Labute approximate surface area is 220 Å². The van der Waals surface area contributed by atoms with Crippen LogP contribution >= 0.6 is 0 Å². The molecule has 1 fully saturated rings. The molecule has 2 aromatic carbocycles. The van der Waals surface area contributed by atoms with E-state index in [4.69, 9.17) is 4.74 Å². The van der Waals surface area contributed by atoms with Gasteiger partial charge in [0.05, 0.1) is 16.7 Å². The number of carbonyl (C=O) groups excluding carboxylic acids is 1. The number of sulfone groups is 1. The van der Waals surface area contributed by atoms with Crippen molar-refractivity contribution in [3.63, 3.8) is 0 Å². The molecule has 0 N–H and O–H groups in total. The van der Waals surface area contributed by atoms with Gasteiger partial charge in [0.15, 0.2) is 9.84 Å². The molecule has 0 radical (unpaired) electrons. The fraction of sp³-hybridized carbons (Fsp3) is 0.379. The van der Waals surface area contributed by atoms with Gasteiger partial charge in [-0.1, -0.05) is 18.2 Å². The Balaban J connectivity index is 1.29. The van der Waals surface area contributed by atoms with Gasteiger partial charge in [-0.15, -0.1) is 0 Å². The molecule has 0 aliphatic carbocycles. The molecule has 3 aromatic rings. The summed E-state index contributed by atoms with van der Waals surface area (Å²) in [5.41, 5.74) is 3.50. The van der Waals surface area contributed by atoms with Gasteiger partial charge in [-0.3, -0.25) is 14.7 Å². The molecule has 1 amide bonds. The number of carbonyl (C=O) groups is 1. The van der Waals surface area contributed by atoms with E-state index in [2.05, 4.69) is 23.0 Å². The largest absolute Gasteiger partial charge is 0.491 e. The first-order chi connectivity index (χ1) is 17.6. The van der Waals surface area contributed by atoms with Crippen molar-refractivity contribution in [3.05, 3.63) is 78.0 Å². The minimum absolute atomic E-state index is 0.0709. The van der Waals surface area contributed by atoms with E-state index < -0.39 is 9.84 Å². The van der Waals surface area contributed by atoms with E-state index in [0.29, 0.717) is 16.5 Å². The lowest BCUT2D eigenvalue weighted by atomic mass is 10.0. The topological polar surface area (TPSA) is 79.8 Å². The maximum Gasteiger partial charge on any atom is 0.253 e. The van der Waals surface area contributed by atoms with Crippen LogP contribution in [-0.4, -0.2) is 67.6 Å². The summed E-state index contributed by atoms with van der Waals surface area (Å²) in [6.45, 7) is 6.21. The molecule has 0 saturated carbocycles. The summed E-state index contributed by atoms with van der Waals surface area (Å²) in [7, 11) is -1.09. The number of nitrogens with zero attached hydrogens (tertiary/aromatic N) is 3. The molecule has 1 aromatic heterocycles. The van der Waals surface area contributed by atoms with Gasteiger partial charge in [0.2, 0.25) is 0 Å². The Kier molecular flexibility index (Phi) is 8.29. The minimum atomic E-state index is -3.21. The number of likely N-dealkylation sites (tertiary alicyclic amines) is 1. The van der Waals surface area contributed by atoms with Gasteiger partial charge in [0, 0.05) is 49.3 Å². The lowest BCUT2D eigenvalue weighted by Crippen LogP contribution is -2.45. The summed E-state index contributed by atoms with van der Waals surface area (Å²) in [5, 5.41) is 0. The summed E-state index contributed by atoms with van der Waals surface area (Å²) >= 11 is 0. The van der Waals surface area contributed by atoms with E-state index in [9.17, 15) is 13.2 Å². The molecule has 1 saturated heterocycles. The van der Waals surface area contributed by atoms with E-state index in [-0.39, 0.29) is 12.0 Å². The van der Waals surface area contributed by atoms with Crippen LogP contribution in [0.4, 0.5) is 0 Å². The fourth-order valence-electron chi connectivity index (χ4n) is 4.62. The van der Waals surface area contributed by atoms with Gasteiger partial charge < -0.3 is 9.64 Å². The van der Waals surface area contributed by atoms with Crippen molar-refractivity contribution in [3.8, 4) is 17.0 Å². The number of benzene rings is 2. The highest BCUT2D eigenvalue weighted by Crippen LogP contribution is 2.23. The zero-order valence-corrected chi connectivity index (χ0v) is 22.7. The van der Waals surface area contributed by atoms with Crippen molar-refractivity contribution in [1.29, 1.82) is 0 Å². The molecular formula is C29H35N3O4S. The van der Waals surface area contributed by atoms with Crippen molar-refractivity contribution in [1.82, 2.24) is 14.8 Å². The number of aromatic nitrogens is 1. The minimum Gasteiger partial charge on any atom is -0.491 e. The van der Waals surface area contributed by atoms with Crippen LogP contribution in [0, 0.1) is 0 Å². The molecule has 196 valence electrons. The molecule has 37 heavy (non-hydrogen) atoms. The van der Waals surface area contributed by atoms with E-state index in [1.165, 1.54) is 6.26 Å². The first-order valence-electron chi connectivity index (χ1n) is 12.6. The molecular weight excluding hydrogens is 486 g/mol. The van der Waals surface area contributed by atoms with Crippen LogP contribution in [0.1, 0.15) is 42.6 Å². The van der Waals surface area contributed by atoms with Crippen molar-refractivity contribution in [2.75, 3.05) is 26.4 Å². The second-order valence-electron chi connectivity index (χ2n) is 9.98. The van der Waals surface area contributed by atoms with Gasteiger partial charge in [0.1, 0.15) is 5.75 Å². The monoisotopic (exact) mass is 521 g/mol. The van der Waals surface area contributed by atoms with E-state index in [1.54, 1.807) is 24.3 Å². The predicted molar refractivity (Wildman–Crippen MR) is 145 cm³/mol. The second kappa shape index (κ2) is 11.4. The Hall–Kier alpha value is -3.23. The van der Waals surface area contributed by atoms with E-state index in [0.717, 1.165) is 55.0 Å². The molecule has 2 heterocycles. The Morgan fingerprint density at radius 1 is 1.03 bits per heavy atom. The third-order valence-electron chi connectivity index (χ3n) is 6.68. The highest BCUT2D eigenvalue weighted by atomic mass is 32.2. The van der Waals surface area contributed by atoms with Crippen molar-refractivity contribution in [2.24, 2.45) is 0 Å². The normalized spacial score (nSPS) is 14.8. The van der Waals surface area contributed by atoms with Crippen LogP contribution in [0.5, 0.6) is 5.75 Å². The van der Waals surface area contributed by atoms with Crippen molar-refractivity contribution < 1.29 is 17.9 Å². The van der Waals surface area contributed by atoms with Crippen LogP contribution < -0.4 is 4.74 Å². The standard InChI is InChI=1S/C29H35N3O4S/c1-21(2)36-26-10-6-24(7-11-26)29(33)32-17-15-25(16-18-32)31(3)20-22-5-14-28(30-19-22)23-8-12-27(13-9-23)37(4,34)35/h5-14,19,21,25H,15-18,20H2,1-4H3. The average Bonchev–Trinajstić information content (AvgIpc) is 2.88. The highest BCUT2D eigenvalue weighted by Gasteiger charge is 2.26. The number of pyridine rings is 1. The van der Waals surface area contributed by atoms with Crippen molar-refractivity contribution in [2.45, 2.75) is 50.3 Å². The molecule has 0 unspecified atom stereocenters. The molecule has 0 atom stereocenters. The van der Waals surface area contributed by atoms with Gasteiger partial charge in [-0.25, -0.2) is 8.42 Å². The van der Waals surface area contributed by atoms with Crippen LogP contribution in [0.3, 0.4) is 0 Å². The number of rotatable bonds is 8. The number of amides is 1. The highest BCUT2D eigenvalue weighted by molar-refractivity contribution is 7.90. The summed E-state index contributed by atoms with van der Waals surface area (Å²) < 4.78 is 29.0. The average molecular weight is 522 g/mol. The summed E-state index contributed by atoms with van der Waals surface area (Å²) in [6.07, 6.45) is 5.04. The molecule has 7 nitrogen and oxygen atoms in total. The van der Waals surface area contributed by atoms with Crippen LogP contribution in [0.25, 0.3) is 11.3 Å². The quantitative estimate of drug-likeness (QED) is 0.428. The third-order valence-corrected chi connectivity index (χ3v) is 7.81. The summed E-state index contributed by atoms with van der Waals surface area (Å²) in [4.78, 5) is 22.1. The molecule has 1 aliphatic heterocycles. The zero-order valence-electron chi connectivity index (χ0n) is 21.9. The first-order valence-corrected chi connectivity index (χ1v) is 14.5. The van der Waals surface area contributed by atoms with Crippen molar-refractivity contribution >= 4 is 15.7 Å². The molecule has 1 aliphatic rings. The maximum absolute atomic E-state index is 13.0. The number of ether oxygens (including phenoxy) is 1. The van der Waals surface area contributed by atoms with Gasteiger partial charge >= 0.3 is 0 Å². The lowest BCUT2D eigenvalue weighted by molar-refractivity contribution is 0.0639. The number of hydrogen-bond acceptors (Lipinski definition) is 6. The van der Waals surface area contributed by atoms with Gasteiger partial charge in [0.25, 0.3) is 5.91 Å².